The SMILES string of the molecule is Cc1ccc(C(=O)N2CCCC(C(=O)NCCc3ccc(C(F)(F)F)cc3)C2)cc1. The van der Waals surface area contributed by atoms with E-state index in [1.165, 1.54) is 12.1 Å². The molecule has 1 atom stereocenters. The molecule has 1 aliphatic heterocycles. The fourth-order valence-electron chi connectivity index (χ4n) is 3.59. The fraction of sp³-hybridized carbons (Fsp3) is 0.391. The monoisotopic (exact) mass is 418 g/mol. The Morgan fingerprint density at radius 1 is 1.07 bits per heavy atom. The van der Waals surface area contributed by atoms with Crippen molar-refractivity contribution in [2.75, 3.05) is 19.6 Å². The highest BCUT2D eigenvalue weighted by Gasteiger charge is 2.30. The molecule has 30 heavy (non-hydrogen) atoms. The Morgan fingerprint density at radius 3 is 2.37 bits per heavy atom. The third-order valence-corrected chi connectivity index (χ3v) is 5.37. The second-order valence-corrected chi connectivity index (χ2v) is 7.69. The van der Waals surface area contributed by atoms with Crippen molar-refractivity contribution < 1.29 is 22.8 Å². The van der Waals surface area contributed by atoms with E-state index < -0.39 is 11.7 Å². The van der Waals surface area contributed by atoms with Crippen LogP contribution in [0.1, 0.15) is 39.9 Å². The van der Waals surface area contributed by atoms with Gasteiger partial charge in [-0.2, -0.15) is 13.2 Å². The lowest BCUT2D eigenvalue weighted by Crippen LogP contribution is -2.45. The lowest BCUT2D eigenvalue weighted by molar-refractivity contribution is -0.137. The van der Waals surface area contributed by atoms with Crippen LogP contribution in [0.5, 0.6) is 0 Å². The van der Waals surface area contributed by atoms with Crippen molar-refractivity contribution in [3.8, 4) is 0 Å². The van der Waals surface area contributed by atoms with E-state index in [0.717, 1.165) is 29.7 Å². The molecule has 0 aliphatic carbocycles. The first-order chi connectivity index (χ1) is 14.2. The molecule has 1 saturated heterocycles. The van der Waals surface area contributed by atoms with Crippen LogP contribution >= 0.6 is 0 Å². The summed E-state index contributed by atoms with van der Waals surface area (Å²) in [4.78, 5) is 26.9. The number of piperidine rings is 1. The van der Waals surface area contributed by atoms with Gasteiger partial charge in [0.2, 0.25) is 5.91 Å². The van der Waals surface area contributed by atoms with E-state index in [2.05, 4.69) is 5.32 Å². The molecule has 2 aromatic rings. The number of benzene rings is 2. The second-order valence-electron chi connectivity index (χ2n) is 7.69. The van der Waals surface area contributed by atoms with Crippen LogP contribution in [-0.4, -0.2) is 36.3 Å². The van der Waals surface area contributed by atoms with Crippen molar-refractivity contribution in [1.29, 1.82) is 0 Å². The summed E-state index contributed by atoms with van der Waals surface area (Å²) in [6.45, 7) is 3.30. The Morgan fingerprint density at radius 2 is 1.73 bits per heavy atom. The van der Waals surface area contributed by atoms with Crippen LogP contribution in [0.3, 0.4) is 0 Å². The van der Waals surface area contributed by atoms with Crippen LogP contribution in [-0.2, 0) is 17.4 Å². The van der Waals surface area contributed by atoms with Crippen molar-refractivity contribution in [3.05, 3.63) is 70.8 Å². The molecule has 0 saturated carbocycles. The minimum atomic E-state index is -4.35. The van der Waals surface area contributed by atoms with Gasteiger partial charge in [-0.25, -0.2) is 0 Å². The van der Waals surface area contributed by atoms with Crippen molar-refractivity contribution >= 4 is 11.8 Å². The highest BCUT2D eigenvalue weighted by Crippen LogP contribution is 2.29. The maximum Gasteiger partial charge on any atom is 0.416 e. The molecule has 1 aliphatic rings. The molecule has 0 radical (unpaired) electrons. The number of carbonyl (C=O) groups is 2. The summed E-state index contributed by atoms with van der Waals surface area (Å²) in [6, 6.07) is 12.3. The number of nitrogens with one attached hydrogen (secondary N) is 1. The van der Waals surface area contributed by atoms with Crippen LogP contribution in [0.4, 0.5) is 13.2 Å². The molecular weight excluding hydrogens is 393 g/mol. The summed E-state index contributed by atoms with van der Waals surface area (Å²) >= 11 is 0. The van der Waals surface area contributed by atoms with Crippen LogP contribution in [0.15, 0.2) is 48.5 Å². The Bertz CT molecular complexity index is 877. The van der Waals surface area contributed by atoms with E-state index in [1.807, 2.05) is 19.1 Å². The molecule has 1 unspecified atom stereocenters. The Balaban J connectivity index is 1.49. The maximum atomic E-state index is 12.7. The predicted octanol–water partition coefficient (Wildman–Crippen LogP) is 4.22. The molecule has 160 valence electrons. The highest BCUT2D eigenvalue weighted by molar-refractivity contribution is 5.94. The molecule has 7 heteroatoms. The molecule has 0 aromatic heterocycles. The summed E-state index contributed by atoms with van der Waals surface area (Å²) in [5.74, 6) is -0.471. The van der Waals surface area contributed by atoms with Crippen molar-refractivity contribution in [2.24, 2.45) is 5.92 Å². The average molecular weight is 418 g/mol. The van der Waals surface area contributed by atoms with Gasteiger partial charge in [-0.05, 0) is 56.0 Å². The Kier molecular flexibility index (Phi) is 6.80. The number of hydrogen-bond acceptors (Lipinski definition) is 2. The highest BCUT2D eigenvalue weighted by atomic mass is 19.4. The summed E-state index contributed by atoms with van der Waals surface area (Å²) in [5, 5.41) is 2.85. The zero-order valence-electron chi connectivity index (χ0n) is 16.8. The molecule has 2 amide bonds. The van der Waals surface area contributed by atoms with Gasteiger partial charge in [0, 0.05) is 25.2 Å². The fourth-order valence-corrected chi connectivity index (χ4v) is 3.59. The number of alkyl halides is 3. The normalized spacial score (nSPS) is 16.9. The van der Waals surface area contributed by atoms with Gasteiger partial charge in [-0.1, -0.05) is 29.8 Å². The molecule has 2 aromatic carbocycles. The topological polar surface area (TPSA) is 49.4 Å². The van der Waals surface area contributed by atoms with Gasteiger partial charge in [0.15, 0.2) is 0 Å². The third-order valence-electron chi connectivity index (χ3n) is 5.37. The molecule has 1 heterocycles. The Labute approximate surface area is 174 Å². The number of amides is 2. The minimum absolute atomic E-state index is 0.0720. The number of aryl methyl sites for hydroxylation is 1. The first kappa shape index (κ1) is 21.9. The molecule has 0 spiro atoms. The molecule has 0 bridgehead atoms. The van der Waals surface area contributed by atoms with Crippen LogP contribution in [0.25, 0.3) is 0 Å². The van der Waals surface area contributed by atoms with Crippen molar-refractivity contribution in [1.82, 2.24) is 10.2 Å². The van der Waals surface area contributed by atoms with E-state index in [4.69, 9.17) is 0 Å². The molecule has 1 N–H and O–H groups in total. The number of halogens is 3. The zero-order valence-corrected chi connectivity index (χ0v) is 16.8. The van der Waals surface area contributed by atoms with Crippen LogP contribution < -0.4 is 5.32 Å². The van der Waals surface area contributed by atoms with Gasteiger partial charge in [0.1, 0.15) is 0 Å². The van der Waals surface area contributed by atoms with E-state index in [-0.39, 0.29) is 17.7 Å². The van der Waals surface area contributed by atoms with Gasteiger partial charge in [-0.15, -0.1) is 0 Å². The van der Waals surface area contributed by atoms with Crippen LogP contribution in [0, 0.1) is 12.8 Å². The molecule has 3 rings (SSSR count). The van der Waals surface area contributed by atoms with Gasteiger partial charge in [0.25, 0.3) is 5.91 Å². The van der Waals surface area contributed by atoms with E-state index in [9.17, 15) is 22.8 Å². The summed E-state index contributed by atoms with van der Waals surface area (Å²) < 4.78 is 37.8. The van der Waals surface area contributed by atoms with Gasteiger partial charge < -0.3 is 10.2 Å². The number of hydrogen-bond donors (Lipinski definition) is 1. The molecular formula is C23H25F3N2O2. The first-order valence-electron chi connectivity index (χ1n) is 10.0. The van der Waals surface area contributed by atoms with Crippen molar-refractivity contribution in [2.45, 2.75) is 32.4 Å². The average Bonchev–Trinajstić information content (AvgIpc) is 2.73. The lowest BCUT2D eigenvalue weighted by Gasteiger charge is -2.32. The van der Waals surface area contributed by atoms with Crippen molar-refractivity contribution in [3.63, 3.8) is 0 Å². The summed E-state index contributed by atoms with van der Waals surface area (Å²) in [7, 11) is 0. The van der Waals surface area contributed by atoms with Gasteiger partial charge >= 0.3 is 6.18 Å². The smallest absolute Gasteiger partial charge is 0.355 e. The third kappa shape index (κ3) is 5.62. The number of likely N-dealkylation sites (tertiary alicyclic amines) is 1. The van der Waals surface area contributed by atoms with Crippen LogP contribution in [0.2, 0.25) is 0 Å². The van der Waals surface area contributed by atoms with Gasteiger partial charge in [-0.3, -0.25) is 9.59 Å². The lowest BCUT2D eigenvalue weighted by atomic mass is 9.96. The molecule has 1 fully saturated rings. The first-order valence-corrected chi connectivity index (χ1v) is 10.0. The van der Waals surface area contributed by atoms with Gasteiger partial charge in [0.05, 0.1) is 11.5 Å². The quantitative estimate of drug-likeness (QED) is 0.790. The Hall–Kier alpha value is -2.83. The maximum absolute atomic E-state index is 12.7. The zero-order chi connectivity index (χ0) is 21.7. The summed E-state index contributed by atoms with van der Waals surface area (Å²) in [5.41, 5.74) is 1.73. The number of nitrogens with zero attached hydrogens (tertiary/aromatic N) is 1. The largest absolute Gasteiger partial charge is 0.416 e. The molecule has 4 nitrogen and oxygen atoms in total. The van der Waals surface area contributed by atoms with E-state index in [1.54, 1.807) is 17.0 Å². The van der Waals surface area contributed by atoms with E-state index >= 15 is 0 Å². The minimum Gasteiger partial charge on any atom is -0.355 e. The second kappa shape index (κ2) is 9.32. The standard InChI is InChI=1S/C23H25F3N2O2/c1-16-4-8-18(9-5-16)22(30)28-14-2-3-19(15-28)21(29)27-13-12-17-6-10-20(11-7-17)23(24,25)26/h4-11,19H,2-3,12-15H2,1H3,(H,27,29). The predicted molar refractivity (Wildman–Crippen MR) is 108 cm³/mol. The summed E-state index contributed by atoms with van der Waals surface area (Å²) in [6.07, 6.45) is -2.43. The van der Waals surface area contributed by atoms with E-state index in [0.29, 0.717) is 38.0 Å². The number of carbonyl (C=O) groups excluding carboxylic acids is 2. The number of rotatable bonds is 5.